The highest BCUT2D eigenvalue weighted by Gasteiger charge is 2.07. The lowest BCUT2D eigenvalue weighted by Gasteiger charge is -2.15. The van der Waals surface area contributed by atoms with Crippen molar-refractivity contribution in [3.63, 3.8) is 0 Å². The topological polar surface area (TPSA) is 37.8 Å². The van der Waals surface area contributed by atoms with Crippen molar-refractivity contribution in [1.29, 1.82) is 0 Å². The number of aromatic nitrogens is 2. The summed E-state index contributed by atoms with van der Waals surface area (Å²) in [7, 11) is 0. The molecule has 0 bridgehead atoms. The molecule has 1 N–H and O–H groups in total. The summed E-state index contributed by atoms with van der Waals surface area (Å²) < 4.78 is 1.05. The fourth-order valence-corrected chi connectivity index (χ4v) is 1.82. The molecule has 0 saturated carbocycles. The quantitative estimate of drug-likeness (QED) is 0.934. The summed E-state index contributed by atoms with van der Waals surface area (Å²) in [4.78, 5) is 8.32. The molecule has 1 aromatic carbocycles. The van der Waals surface area contributed by atoms with Crippen LogP contribution in [0.2, 0.25) is 0 Å². The molecule has 0 aliphatic rings. The number of halogens is 1. The second kappa shape index (κ2) is 5.07. The van der Waals surface area contributed by atoms with Crippen molar-refractivity contribution in [2.24, 2.45) is 0 Å². The second-order valence-electron chi connectivity index (χ2n) is 3.48. The van der Waals surface area contributed by atoms with Gasteiger partial charge in [-0.05, 0) is 35.0 Å². The van der Waals surface area contributed by atoms with Gasteiger partial charge in [0.15, 0.2) is 0 Å². The van der Waals surface area contributed by atoms with Crippen molar-refractivity contribution >= 4 is 21.6 Å². The summed E-state index contributed by atoms with van der Waals surface area (Å²) in [5.74, 6) is 0. The van der Waals surface area contributed by atoms with Crippen LogP contribution in [0.3, 0.4) is 0 Å². The summed E-state index contributed by atoms with van der Waals surface area (Å²) in [6.07, 6.45) is 5.15. The molecular weight excluding hydrogens is 266 g/mol. The smallest absolute Gasteiger partial charge is 0.0806 e. The number of anilines is 1. The van der Waals surface area contributed by atoms with Crippen LogP contribution in [0.15, 0.2) is 47.3 Å². The number of nitrogens with zero attached hydrogens (tertiary/aromatic N) is 2. The highest BCUT2D eigenvalue weighted by atomic mass is 79.9. The van der Waals surface area contributed by atoms with E-state index in [1.54, 1.807) is 18.6 Å². The highest BCUT2D eigenvalue weighted by molar-refractivity contribution is 9.10. The molecule has 0 fully saturated rings. The molecule has 0 aliphatic heterocycles. The van der Waals surface area contributed by atoms with Gasteiger partial charge in [-0.15, -0.1) is 0 Å². The molecule has 3 nitrogen and oxygen atoms in total. The first-order chi connectivity index (χ1) is 7.77. The maximum Gasteiger partial charge on any atom is 0.0806 e. The van der Waals surface area contributed by atoms with E-state index < -0.39 is 0 Å². The molecule has 1 unspecified atom stereocenters. The Morgan fingerprint density at radius 2 is 2.06 bits per heavy atom. The van der Waals surface area contributed by atoms with Crippen LogP contribution >= 0.6 is 15.9 Å². The second-order valence-corrected chi connectivity index (χ2v) is 4.33. The monoisotopic (exact) mass is 277 g/mol. The van der Waals surface area contributed by atoms with E-state index in [9.17, 15) is 0 Å². The molecule has 0 aliphatic carbocycles. The van der Waals surface area contributed by atoms with Gasteiger partial charge < -0.3 is 5.32 Å². The first kappa shape index (κ1) is 11.1. The Labute approximate surface area is 103 Å². The normalized spacial score (nSPS) is 12.1. The molecule has 0 spiro atoms. The lowest BCUT2D eigenvalue weighted by atomic mass is 10.2. The molecular formula is C12H12BrN3. The average Bonchev–Trinajstić information content (AvgIpc) is 2.33. The highest BCUT2D eigenvalue weighted by Crippen LogP contribution is 2.25. The number of rotatable bonds is 3. The summed E-state index contributed by atoms with van der Waals surface area (Å²) in [5.41, 5.74) is 1.99. The minimum absolute atomic E-state index is 0.132. The van der Waals surface area contributed by atoms with Crippen molar-refractivity contribution in [3.05, 3.63) is 53.0 Å². The van der Waals surface area contributed by atoms with Crippen LogP contribution in [0, 0.1) is 0 Å². The van der Waals surface area contributed by atoms with E-state index >= 15 is 0 Å². The van der Waals surface area contributed by atoms with Crippen LogP contribution in [0.1, 0.15) is 18.7 Å². The average molecular weight is 278 g/mol. The van der Waals surface area contributed by atoms with Gasteiger partial charge in [0.05, 0.1) is 17.9 Å². The van der Waals surface area contributed by atoms with Gasteiger partial charge in [-0.2, -0.15) is 0 Å². The van der Waals surface area contributed by atoms with E-state index in [0.29, 0.717) is 0 Å². The maximum absolute atomic E-state index is 4.26. The number of hydrogen-bond donors (Lipinski definition) is 1. The zero-order chi connectivity index (χ0) is 11.4. The molecule has 1 aromatic heterocycles. The Morgan fingerprint density at radius 1 is 1.25 bits per heavy atom. The van der Waals surface area contributed by atoms with E-state index in [4.69, 9.17) is 0 Å². The third kappa shape index (κ3) is 2.58. The fourth-order valence-electron chi connectivity index (χ4n) is 1.42. The van der Waals surface area contributed by atoms with Crippen LogP contribution in [0.5, 0.6) is 0 Å². The van der Waals surface area contributed by atoms with Gasteiger partial charge in [-0.1, -0.05) is 12.1 Å². The van der Waals surface area contributed by atoms with Gasteiger partial charge in [0, 0.05) is 22.6 Å². The zero-order valence-corrected chi connectivity index (χ0v) is 10.5. The van der Waals surface area contributed by atoms with Gasteiger partial charge in [0.2, 0.25) is 0 Å². The molecule has 1 atom stereocenters. The van der Waals surface area contributed by atoms with E-state index in [2.05, 4.69) is 38.1 Å². The van der Waals surface area contributed by atoms with Crippen molar-refractivity contribution in [2.75, 3.05) is 5.32 Å². The van der Waals surface area contributed by atoms with Crippen LogP contribution in [-0.2, 0) is 0 Å². The van der Waals surface area contributed by atoms with E-state index in [0.717, 1.165) is 15.9 Å². The SMILES string of the molecule is CC(Nc1ccccc1Br)c1cnccn1. The van der Waals surface area contributed by atoms with E-state index in [1.807, 2.05) is 24.3 Å². The minimum atomic E-state index is 0.132. The third-order valence-corrected chi connectivity index (χ3v) is 2.96. The maximum atomic E-state index is 4.26. The Kier molecular flexibility index (Phi) is 3.51. The molecule has 0 amide bonds. The predicted octanol–water partition coefficient (Wildman–Crippen LogP) is 3.41. The molecule has 82 valence electrons. The summed E-state index contributed by atoms with van der Waals surface area (Å²) in [6, 6.07) is 8.15. The van der Waals surface area contributed by atoms with Crippen molar-refractivity contribution in [2.45, 2.75) is 13.0 Å². The molecule has 2 aromatic rings. The minimum Gasteiger partial charge on any atom is -0.376 e. The van der Waals surface area contributed by atoms with E-state index in [-0.39, 0.29) is 6.04 Å². The first-order valence-corrected chi connectivity index (χ1v) is 5.83. The molecule has 0 radical (unpaired) electrons. The lowest BCUT2D eigenvalue weighted by molar-refractivity contribution is 0.827. The number of nitrogens with one attached hydrogen (secondary N) is 1. The third-order valence-electron chi connectivity index (χ3n) is 2.27. The van der Waals surface area contributed by atoms with Crippen molar-refractivity contribution < 1.29 is 0 Å². The van der Waals surface area contributed by atoms with Gasteiger partial charge in [-0.3, -0.25) is 9.97 Å². The molecule has 2 rings (SSSR count). The molecule has 16 heavy (non-hydrogen) atoms. The van der Waals surface area contributed by atoms with Gasteiger partial charge in [-0.25, -0.2) is 0 Å². The van der Waals surface area contributed by atoms with Crippen LogP contribution in [-0.4, -0.2) is 9.97 Å². The number of benzene rings is 1. The largest absolute Gasteiger partial charge is 0.376 e. The first-order valence-electron chi connectivity index (χ1n) is 5.04. The molecule has 0 saturated heterocycles. The van der Waals surface area contributed by atoms with Gasteiger partial charge in [0.25, 0.3) is 0 Å². The summed E-state index contributed by atoms with van der Waals surface area (Å²) in [6.45, 7) is 2.06. The molecule has 4 heteroatoms. The Morgan fingerprint density at radius 3 is 2.75 bits per heavy atom. The fraction of sp³-hybridized carbons (Fsp3) is 0.167. The predicted molar refractivity (Wildman–Crippen MR) is 68.2 cm³/mol. The molecule has 1 heterocycles. The summed E-state index contributed by atoms with van der Waals surface area (Å²) in [5, 5.41) is 3.38. The van der Waals surface area contributed by atoms with Crippen LogP contribution in [0.4, 0.5) is 5.69 Å². The Hall–Kier alpha value is -1.42. The zero-order valence-electron chi connectivity index (χ0n) is 8.89. The lowest BCUT2D eigenvalue weighted by Crippen LogP contribution is -2.08. The number of para-hydroxylation sites is 1. The van der Waals surface area contributed by atoms with Crippen LogP contribution in [0.25, 0.3) is 0 Å². The van der Waals surface area contributed by atoms with Gasteiger partial charge in [0.1, 0.15) is 0 Å². The van der Waals surface area contributed by atoms with E-state index in [1.165, 1.54) is 0 Å². The summed E-state index contributed by atoms with van der Waals surface area (Å²) >= 11 is 3.50. The van der Waals surface area contributed by atoms with Crippen molar-refractivity contribution in [3.8, 4) is 0 Å². The van der Waals surface area contributed by atoms with Crippen molar-refractivity contribution in [1.82, 2.24) is 9.97 Å². The van der Waals surface area contributed by atoms with Gasteiger partial charge >= 0.3 is 0 Å². The standard InChI is InChI=1S/C12H12BrN3/c1-9(12-8-14-6-7-15-12)16-11-5-3-2-4-10(11)13/h2-9,16H,1H3. The Balaban J connectivity index is 2.14. The van der Waals surface area contributed by atoms with Crippen LogP contribution < -0.4 is 5.32 Å². The Bertz CT molecular complexity index is 459. The number of hydrogen-bond acceptors (Lipinski definition) is 3.